The summed E-state index contributed by atoms with van der Waals surface area (Å²) < 4.78 is 0. The standard InChI is InChI=1S/C24H44N2/c1-19-7-10-23(11-8-19)15-26(16-23)22(5,6)13-20-9-12-24(14-20)17-25(18-24)21(2,3)4/h19-20H,7-18H2,1-6H3. The molecule has 2 spiro atoms. The molecule has 1 atom stereocenters. The third-order valence-corrected chi connectivity index (χ3v) is 8.84. The Kier molecular flexibility index (Phi) is 4.60. The summed E-state index contributed by atoms with van der Waals surface area (Å²) >= 11 is 0. The first-order valence-electron chi connectivity index (χ1n) is 11.5. The van der Waals surface area contributed by atoms with Crippen molar-refractivity contribution in [1.82, 2.24) is 9.80 Å². The summed E-state index contributed by atoms with van der Waals surface area (Å²) in [6, 6.07) is 0. The lowest BCUT2D eigenvalue weighted by Gasteiger charge is -2.59. The van der Waals surface area contributed by atoms with Crippen LogP contribution >= 0.6 is 0 Å². The molecule has 0 aromatic rings. The Labute approximate surface area is 163 Å². The molecule has 150 valence electrons. The first-order valence-corrected chi connectivity index (χ1v) is 11.5. The Morgan fingerprint density at radius 2 is 1.31 bits per heavy atom. The molecule has 2 heterocycles. The number of likely N-dealkylation sites (tertiary alicyclic amines) is 2. The van der Waals surface area contributed by atoms with Crippen LogP contribution in [0.4, 0.5) is 0 Å². The van der Waals surface area contributed by atoms with Gasteiger partial charge in [0.1, 0.15) is 0 Å². The molecule has 2 saturated heterocycles. The van der Waals surface area contributed by atoms with Crippen LogP contribution in [0.1, 0.15) is 92.9 Å². The van der Waals surface area contributed by atoms with Crippen molar-refractivity contribution in [3.8, 4) is 0 Å². The van der Waals surface area contributed by atoms with E-state index in [0.29, 0.717) is 21.9 Å². The van der Waals surface area contributed by atoms with Crippen LogP contribution in [-0.2, 0) is 0 Å². The molecular formula is C24H44N2. The summed E-state index contributed by atoms with van der Waals surface area (Å²) in [6.45, 7) is 20.2. The van der Waals surface area contributed by atoms with Crippen molar-refractivity contribution in [2.24, 2.45) is 22.7 Å². The molecule has 0 amide bonds. The van der Waals surface area contributed by atoms with Gasteiger partial charge in [-0.2, -0.15) is 0 Å². The maximum absolute atomic E-state index is 2.84. The van der Waals surface area contributed by atoms with Gasteiger partial charge in [0.05, 0.1) is 0 Å². The maximum atomic E-state index is 2.84. The van der Waals surface area contributed by atoms with Gasteiger partial charge in [-0.1, -0.05) is 19.8 Å². The molecule has 0 aromatic heterocycles. The molecule has 2 aliphatic carbocycles. The highest BCUT2D eigenvalue weighted by atomic mass is 15.3. The van der Waals surface area contributed by atoms with Gasteiger partial charge in [-0.15, -0.1) is 0 Å². The molecule has 26 heavy (non-hydrogen) atoms. The Balaban J connectivity index is 1.26. The van der Waals surface area contributed by atoms with Gasteiger partial charge in [-0.05, 0) is 95.8 Å². The second-order valence-electron chi connectivity index (χ2n) is 12.7. The van der Waals surface area contributed by atoms with Crippen molar-refractivity contribution in [2.45, 2.75) is 104 Å². The Morgan fingerprint density at radius 1 is 0.769 bits per heavy atom. The monoisotopic (exact) mass is 360 g/mol. The minimum atomic E-state index is 0.367. The predicted molar refractivity (Wildman–Crippen MR) is 111 cm³/mol. The summed E-state index contributed by atoms with van der Waals surface area (Å²) in [6.07, 6.45) is 11.8. The van der Waals surface area contributed by atoms with Crippen LogP contribution in [-0.4, -0.2) is 47.1 Å². The summed E-state index contributed by atoms with van der Waals surface area (Å²) in [5.41, 5.74) is 2.18. The third kappa shape index (κ3) is 3.50. The van der Waals surface area contributed by atoms with Crippen LogP contribution in [0, 0.1) is 22.7 Å². The molecule has 0 N–H and O–H groups in total. The van der Waals surface area contributed by atoms with E-state index in [9.17, 15) is 0 Å². The van der Waals surface area contributed by atoms with Crippen molar-refractivity contribution in [3.63, 3.8) is 0 Å². The zero-order valence-electron chi connectivity index (χ0n) is 18.5. The van der Waals surface area contributed by atoms with Crippen molar-refractivity contribution in [1.29, 1.82) is 0 Å². The van der Waals surface area contributed by atoms with Gasteiger partial charge in [0.25, 0.3) is 0 Å². The lowest BCUT2D eigenvalue weighted by molar-refractivity contribution is -0.0978. The number of hydrogen-bond donors (Lipinski definition) is 0. The first-order chi connectivity index (χ1) is 12.0. The van der Waals surface area contributed by atoms with Gasteiger partial charge in [0.15, 0.2) is 0 Å². The van der Waals surface area contributed by atoms with Crippen molar-refractivity contribution in [3.05, 3.63) is 0 Å². The van der Waals surface area contributed by atoms with Crippen molar-refractivity contribution in [2.75, 3.05) is 26.2 Å². The van der Waals surface area contributed by atoms with Gasteiger partial charge in [-0.25, -0.2) is 0 Å². The Hall–Kier alpha value is -0.0800. The highest BCUT2D eigenvalue weighted by Gasteiger charge is 2.53. The molecule has 0 bridgehead atoms. The second-order valence-corrected chi connectivity index (χ2v) is 12.7. The summed E-state index contributed by atoms with van der Waals surface area (Å²) in [5.74, 6) is 1.95. The molecule has 4 rings (SSSR count). The molecule has 0 aromatic carbocycles. The lowest BCUT2D eigenvalue weighted by atomic mass is 9.64. The minimum absolute atomic E-state index is 0.367. The van der Waals surface area contributed by atoms with Gasteiger partial charge >= 0.3 is 0 Å². The van der Waals surface area contributed by atoms with Crippen LogP contribution < -0.4 is 0 Å². The zero-order chi connectivity index (χ0) is 18.8. The fourth-order valence-electron chi connectivity index (χ4n) is 6.74. The van der Waals surface area contributed by atoms with Crippen molar-refractivity contribution < 1.29 is 0 Å². The molecule has 2 aliphatic heterocycles. The zero-order valence-corrected chi connectivity index (χ0v) is 18.5. The Bertz CT molecular complexity index is 507. The number of nitrogens with zero attached hydrogens (tertiary/aromatic N) is 2. The van der Waals surface area contributed by atoms with Crippen LogP contribution in [0.15, 0.2) is 0 Å². The van der Waals surface area contributed by atoms with Crippen LogP contribution in [0.2, 0.25) is 0 Å². The van der Waals surface area contributed by atoms with Gasteiger partial charge in [-0.3, -0.25) is 9.80 Å². The Morgan fingerprint density at radius 3 is 1.88 bits per heavy atom. The molecule has 4 fully saturated rings. The maximum Gasteiger partial charge on any atom is 0.0156 e. The van der Waals surface area contributed by atoms with E-state index < -0.39 is 0 Å². The van der Waals surface area contributed by atoms with Gasteiger partial charge in [0.2, 0.25) is 0 Å². The molecule has 2 nitrogen and oxygen atoms in total. The van der Waals surface area contributed by atoms with Crippen molar-refractivity contribution >= 4 is 0 Å². The predicted octanol–water partition coefficient (Wildman–Crippen LogP) is 5.57. The van der Waals surface area contributed by atoms with E-state index in [0.717, 1.165) is 11.8 Å². The van der Waals surface area contributed by atoms with E-state index in [1.54, 1.807) is 0 Å². The van der Waals surface area contributed by atoms with Gasteiger partial charge < -0.3 is 0 Å². The van der Waals surface area contributed by atoms with E-state index in [1.165, 1.54) is 77.5 Å². The average Bonchev–Trinajstić information content (AvgIpc) is 2.87. The largest absolute Gasteiger partial charge is 0.297 e. The molecular weight excluding hydrogens is 316 g/mol. The van der Waals surface area contributed by atoms with Crippen LogP contribution in [0.3, 0.4) is 0 Å². The fraction of sp³-hybridized carbons (Fsp3) is 1.00. The van der Waals surface area contributed by atoms with E-state index in [2.05, 4.69) is 51.3 Å². The van der Waals surface area contributed by atoms with E-state index in [1.807, 2.05) is 0 Å². The van der Waals surface area contributed by atoms with E-state index in [-0.39, 0.29) is 0 Å². The topological polar surface area (TPSA) is 6.48 Å². The third-order valence-electron chi connectivity index (χ3n) is 8.84. The fourth-order valence-corrected chi connectivity index (χ4v) is 6.74. The number of rotatable bonds is 3. The van der Waals surface area contributed by atoms with E-state index in [4.69, 9.17) is 0 Å². The van der Waals surface area contributed by atoms with Gasteiger partial charge in [0, 0.05) is 37.3 Å². The quantitative estimate of drug-likeness (QED) is 0.649. The lowest BCUT2D eigenvalue weighted by Crippen LogP contribution is -2.64. The molecule has 0 radical (unpaired) electrons. The summed E-state index contributed by atoms with van der Waals surface area (Å²) in [4.78, 5) is 5.54. The average molecular weight is 361 g/mol. The highest BCUT2D eigenvalue weighted by Crippen LogP contribution is 2.53. The summed E-state index contributed by atoms with van der Waals surface area (Å²) in [5, 5.41) is 0. The SMILES string of the molecule is CC1CCC2(CC1)CN(C(C)(C)CC1CCC3(C1)CN(C(C)(C)C)C3)C2. The first kappa shape index (κ1) is 19.2. The molecule has 2 heteroatoms. The molecule has 4 aliphatic rings. The van der Waals surface area contributed by atoms with E-state index >= 15 is 0 Å². The van der Waals surface area contributed by atoms with Crippen LogP contribution in [0.25, 0.3) is 0 Å². The number of hydrogen-bond acceptors (Lipinski definition) is 2. The van der Waals surface area contributed by atoms with Crippen LogP contribution in [0.5, 0.6) is 0 Å². The normalized spacial score (nSPS) is 32.8. The minimum Gasteiger partial charge on any atom is -0.297 e. The smallest absolute Gasteiger partial charge is 0.0156 e. The molecule has 1 unspecified atom stereocenters. The summed E-state index contributed by atoms with van der Waals surface area (Å²) in [7, 11) is 0. The molecule has 2 saturated carbocycles. The highest BCUT2D eigenvalue weighted by molar-refractivity contribution is 5.06. The second kappa shape index (κ2) is 6.21.